The molecule has 3 nitrogen and oxygen atoms in total. The molecule has 0 aliphatic carbocycles. The van der Waals surface area contributed by atoms with Crippen LogP contribution in [0, 0.1) is 0 Å². The van der Waals surface area contributed by atoms with Crippen molar-refractivity contribution in [1.29, 1.82) is 0 Å². The Hall–Kier alpha value is -1.21. The molecule has 0 saturated carbocycles. The van der Waals surface area contributed by atoms with Crippen LogP contribution in [-0.2, 0) is 17.4 Å². The molecular formula is C15H21F3N2OS. The highest BCUT2D eigenvalue weighted by atomic mass is 32.2. The minimum atomic E-state index is -4.33. The van der Waals surface area contributed by atoms with Crippen LogP contribution < -0.4 is 11.1 Å². The molecule has 1 unspecified atom stereocenters. The van der Waals surface area contributed by atoms with E-state index in [2.05, 4.69) is 5.32 Å². The van der Waals surface area contributed by atoms with E-state index in [1.807, 2.05) is 6.26 Å². The first-order valence-electron chi connectivity index (χ1n) is 6.95. The average Bonchev–Trinajstić information content (AvgIpc) is 2.44. The summed E-state index contributed by atoms with van der Waals surface area (Å²) in [6.07, 6.45) is -1.33. The smallest absolute Gasteiger partial charge is 0.352 e. The minimum absolute atomic E-state index is 0.190. The maximum absolute atomic E-state index is 12.5. The van der Waals surface area contributed by atoms with Crippen molar-refractivity contribution in [2.24, 2.45) is 5.73 Å². The van der Waals surface area contributed by atoms with E-state index in [1.54, 1.807) is 18.7 Å². The van der Waals surface area contributed by atoms with E-state index in [9.17, 15) is 18.0 Å². The molecule has 3 N–H and O–H groups in total. The van der Waals surface area contributed by atoms with Gasteiger partial charge in [-0.1, -0.05) is 12.1 Å². The number of benzene rings is 1. The summed E-state index contributed by atoms with van der Waals surface area (Å²) >= 11 is 1.62. The van der Waals surface area contributed by atoms with Gasteiger partial charge in [-0.15, -0.1) is 0 Å². The number of amides is 1. The number of carbonyl (C=O) groups excluding carboxylic acids is 1. The first kappa shape index (κ1) is 18.8. The third-order valence-electron chi connectivity index (χ3n) is 3.18. The highest BCUT2D eigenvalue weighted by Crippen LogP contribution is 2.29. The minimum Gasteiger partial charge on any atom is -0.352 e. The van der Waals surface area contributed by atoms with Gasteiger partial charge in [-0.3, -0.25) is 4.79 Å². The summed E-state index contributed by atoms with van der Waals surface area (Å²) in [6.45, 7) is 1.80. The van der Waals surface area contributed by atoms with Gasteiger partial charge in [0.2, 0.25) is 5.91 Å². The SMILES string of the molecule is CSCC[C@H](N)C(=O)NC(C)Cc1ccc(C(F)(F)F)cc1. The van der Waals surface area contributed by atoms with Gasteiger partial charge in [-0.05, 0) is 49.5 Å². The van der Waals surface area contributed by atoms with Crippen LogP contribution in [0.3, 0.4) is 0 Å². The van der Waals surface area contributed by atoms with Gasteiger partial charge in [-0.2, -0.15) is 24.9 Å². The Morgan fingerprint density at radius 3 is 2.41 bits per heavy atom. The van der Waals surface area contributed by atoms with Gasteiger partial charge in [0, 0.05) is 6.04 Å². The Balaban J connectivity index is 2.51. The molecule has 124 valence electrons. The lowest BCUT2D eigenvalue weighted by atomic mass is 10.0. The van der Waals surface area contributed by atoms with Crippen LogP contribution in [0.2, 0.25) is 0 Å². The van der Waals surface area contributed by atoms with Crippen molar-refractivity contribution >= 4 is 17.7 Å². The van der Waals surface area contributed by atoms with Crippen LogP contribution in [0.4, 0.5) is 13.2 Å². The molecule has 0 saturated heterocycles. The lowest BCUT2D eigenvalue weighted by Crippen LogP contribution is -2.45. The number of rotatable bonds is 7. The van der Waals surface area contributed by atoms with Crippen molar-refractivity contribution in [3.63, 3.8) is 0 Å². The van der Waals surface area contributed by atoms with Gasteiger partial charge in [-0.25, -0.2) is 0 Å². The van der Waals surface area contributed by atoms with Gasteiger partial charge in [0.05, 0.1) is 11.6 Å². The predicted molar refractivity (Wildman–Crippen MR) is 83.7 cm³/mol. The van der Waals surface area contributed by atoms with Crippen molar-refractivity contribution in [3.05, 3.63) is 35.4 Å². The summed E-state index contributed by atoms with van der Waals surface area (Å²) in [6, 6.07) is 4.22. The second kappa shape index (κ2) is 8.43. The molecule has 1 rings (SSSR count). The highest BCUT2D eigenvalue weighted by molar-refractivity contribution is 7.98. The highest BCUT2D eigenvalue weighted by Gasteiger charge is 2.29. The molecule has 1 aromatic rings. The Morgan fingerprint density at radius 1 is 1.32 bits per heavy atom. The van der Waals surface area contributed by atoms with E-state index >= 15 is 0 Å². The molecule has 0 heterocycles. The van der Waals surface area contributed by atoms with Crippen LogP contribution >= 0.6 is 11.8 Å². The Labute approximate surface area is 132 Å². The summed E-state index contributed by atoms with van der Waals surface area (Å²) in [5.41, 5.74) is 5.82. The van der Waals surface area contributed by atoms with E-state index < -0.39 is 17.8 Å². The molecule has 0 aromatic heterocycles. The van der Waals surface area contributed by atoms with Crippen molar-refractivity contribution in [1.82, 2.24) is 5.32 Å². The number of alkyl halides is 3. The molecule has 2 atom stereocenters. The van der Waals surface area contributed by atoms with Crippen LogP contribution in [0.5, 0.6) is 0 Å². The third kappa shape index (κ3) is 6.27. The fraction of sp³-hybridized carbons (Fsp3) is 0.533. The topological polar surface area (TPSA) is 55.1 Å². The zero-order chi connectivity index (χ0) is 16.8. The number of hydrogen-bond acceptors (Lipinski definition) is 3. The molecule has 0 aliphatic rings. The standard InChI is InChI=1S/C15H21F3N2OS/c1-10(20-14(21)13(19)7-8-22-2)9-11-3-5-12(6-4-11)15(16,17)18/h3-6,10,13H,7-9,19H2,1-2H3,(H,20,21)/t10?,13-/m0/s1. The maximum Gasteiger partial charge on any atom is 0.416 e. The molecule has 0 aliphatic heterocycles. The summed E-state index contributed by atoms with van der Waals surface area (Å²) in [5.74, 6) is 0.579. The van der Waals surface area contributed by atoms with Crippen LogP contribution in [0.25, 0.3) is 0 Å². The zero-order valence-corrected chi connectivity index (χ0v) is 13.4. The van der Waals surface area contributed by atoms with Gasteiger partial charge in [0.1, 0.15) is 0 Å². The molecule has 0 bridgehead atoms. The van der Waals surface area contributed by atoms with E-state index in [-0.39, 0.29) is 11.9 Å². The maximum atomic E-state index is 12.5. The molecule has 0 radical (unpaired) electrons. The summed E-state index contributed by atoms with van der Waals surface area (Å²) in [7, 11) is 0. The molecule has 7 heteroatoms. The summed E-state index contributed by atoms with van der Waals surface area (Å²) in [4.78, 5) is 11.8. The number of thioether (sulfide) groups is 1. The number of nitrogens with one attached hydrogen (secondary N) is 1. The van der Waals surface area contributed by atoms with Gasteiger partial charge < -0.3 is 11.1 Å². The number of nitrogens with two attached hydrogens (primary N) is 1. The van der Waals surface area contributed by atoms with Crippen molar-refractivity contribution < 1.29 is 18.0 Å². The number of hydrogen-bond donors (Lipinski definition) is 2. The monoisotopic (exact) mass is 334 g/mol. The fourth-order valence-electron chi connectivity index (χ4n) is 1.96. The summed E-state index contributed by atoms with van der Waals surface area (Å²) in [5, 5.41) is 2.79. The zero-order valence-electron chi connectivity index (χ0n) is 12.6. The molecular weight excluding hydrogens is 313 g/mol. The van der Waals surface area contributed by atoms with Gasteiger partial charge in [0.25, 0.3) is 0 Å². The lowest BCUT2D eigenvalue weighted by molar-refractivity contribution is -0.137. The quantitative estimate of drug-likeness (QED) is 0.806. The van der Waals surface area contributed by atoms with E-state index in [1.165, 1.54) is 12.1 Å². The first-order chi connectivity index (χ1) is 10.2. The normalized spacial score (nSPS) is 14.5. The Morgan fingerprint density at radius 2 is 1.91 bits per heavy atom. The Bertz CT molecular complexity index is 477. The number of carbonyl (C=O) groups is 1. The predicted octanol–water partition coefficient (Wildman–Crippen LogP) is 2.83. The first-order valence-corrected chi connectivity index (χ1v) is 8.34. The molecule has 0 fully saturated rings. The van der Waals surface area contributed by atoms with Crippen molar-refractivity contribution in [3.8, 4) is 0 Å². The molecule has 1 amide bonds. The third-order valence-corrected chi connectivity index (χ3v) is 3.83. The lowest BCUT2D eigenvalue weighted by Gasteiger charge is -2.17. The average molecular weight is 334 g/mol. The van der Waals surface area contributed by atoms with E-state index in [0.717, 1.165) is 23.4 Å². The Kier molecular flexibility index (Phi) is 7.22. The van der Waals surface area contributed by atoms with E-state index in [0.29, 0.717) is 12.8 Å². The fourth-order valence-corrected chi connectivity index (χ4v) is 2.45. The van der Waals surface area contributed by atoms with Crippen LogP contribution in [0.15, 0.2) is 24.3 Å². The van der Waals surface area contributed by atoms with Gasteiger partial charge >= 0.3 is 6.18 Å². The number of halogens is 3. The second-order valence-corrected chi connectivity index (χ2v) is 6.18. The molecule has 0 spiro atoms. The van der Waals surface area contributed by atoms with E-state index in [4.69, 9.17) is 5.73 Å². The molecule has 1 aromatic carbocycles. The largest absolute Gasteiger partial charge is 0.416 e. The van der Waals surface area contributed by atoms with Crippen LogP contribution in [-0.4, -0.2) is 30.0 Å². The van der Waals surface area contributed by atoms with Crippen molar-refractivity contribution in [2.45, 2.75) is 38.0 Å². The van der Waals surface area contributed by atoms with Crippen LogP contribution in [0.1, 0.15) is 24.5 Å². The molecule has 22 heavy (non-hydrogen) atoms. The van der Waals surface area contributed by atoms with Gasteiger partial charge in [0.15, 0.2) is 0 Å². The van der Waals surface area contributed by atoms with Crippen molar-refractivity contribution in [2.75, 3.05) is 12.0 Å². The second-order valence-electron chi connectivity index (χ2n) is 5.20. The summed E-state index contributed by atoms with van der Waals surface area (Å²) < 4.78 is 37.4.